The van der Waals surface area contributed by atoms with E-state index < -0.39 is 0 Å². The summed E-state index contributed by atoms with van der Waals surface area (Å²) in [6.07, 6.45) is 5.31. The molecule has 3 fully saturated rings. The summed E-state index contributed by atoms with van der Waals surface area (Å²) in [4.78, 5) is 23.8. The largest absolute Gasteiger partial charge is 0.469 e. The Balaban J connectivity index is 1.81. The zero-order valence-electron chi connectivity index (χ0n) is 9.54. The van der Waals surface area contributed by atoms with Crippen molar-refractivity contribution in [3.8, 4) is 0 Å². The monoisotopic (exact) mass is 234 g/mol. The lowest BCUT2D eigenvalue weighted by molar-refractivity contribution is -0.155. The first kappa shape index (κ1) is 9.68. The second kappa shape index (κ2) is 2.92. The predicted molar refractivity (Wildman–Crippen MR) is 56.6 cm³/mol. The molecule has 0 aromatic carbocycles. The molecule has 0 aromatic heterocycles. The van der Waals surface area contributed by atoms with Gasteiger partial charge in [-0.1, -0.05) is 12.2 Å². The molecular formula is C13H14O4. The van der Waals surface area contributed by atoms with Crippen molar-refractivity contribution in [1.82, 2.24) is 0 Å². The summed E-state index contributed by atoms with van der Waals surface area (Å²) in [5.41, 5.74) is 0. The van der Waals surface area contributed by atoms with Crippen molar-refractivity contribution in [2.45, 2.75) is 12.5 Å². The molecule has 0 amide bonds. The summed E-state index contributed by atoms with van der Waals surface area (Å²) in [5.74, 6) is 0.373. The van der Waals surface area contributed by atoms with Crippen LogP contribution >= 0.6 is 0 Å². The molecule has 0 N–H and O–H groups in total. The Kier molecular flexibility index (Phi) is 1.66. The Morgan fingerprint density at radius 2 is 2.24 bits per heavy atom. The molecule has 1 heterocycles. The van der Waals surface area contributed by atoms with E-state index in [1.807, 2.05) is 0 Å². The van der Waals surface area contributed by atoms with Crippen LogP contribution in [0.1, 0.15) is 6.42 Å². The average Bonchev–Trinajstić information content (AvgIpc) is 2.97. The molecule has 4 aliphatic rings. The van der Waals surface area contributed by atoms with Crippen LogP contribution < -0.4 is 0 Å². The quantitative estimate of drug-likeness (QED) is 0.496. The molecule has 4 rings (SSSR count). The number of hydrogen-bond acceptors (Lipinski definition) is 4. The number of methoxy groups -OCH3 is 1. The van der Waals surface area contributed by atoms with Gasteiger partial charge in [-0.15, -0.1) is 0 Å². The Morgan fingerprint density at radius 1 is 1.41 bits per heavy atom. The normalized spacial score (nSPS) is 52.8. The molecule has 0 aromatic rings. The minimum atomic E-state index is -0.311. The summed E-state index contributed by atoms with van der Waals surface area (Å²) in [7, 11) is 1.39. The van der Waals surface area contributed by atoms with Crippen molar-refractivity contribution < 1.29 is 19.1 Å². The minimum absolute atomic E-state index is 0.0459. The smallest absolute Gasteiger partial charge is 0.310 e. The highest BCUT2D eigenvalue weighted by atomic mass is 16.6. The fraction of sp³-hybridized carbons (Fsp3) is 0.692. The lowest BCUT2D eigenvalue weighted by Crippen LogP contribution is -2.29. The van der Waals surface area contributed by atoms with Crippen LogP contribution in [-0.2, 0) is 19.1 Å². The Morgan fingerprint density at radius 3 is 3.00 bits per heavy atom. The summed E-state index contributed by atoms with van der Waals surface area (Å²) in [6, 6.07) is 0. The van der Waals surface area contributed by atoms with E-state index in [0.717, 1.165) is 6.42 Å². The van der Waals surface area contributed by atoms with E-state index in [9.17, 15) is 9.59 Å². The first-order valence-corrected chi connectivity index (χ1v) is 6.19. The Bertz CT molecular complexity index is 441. The van der Waals surface area contributed by atoms with E-state index >= 15 is 0 Å². The topological polar surface area (TPSA) is 52.6 Å². The molecule has 3 aliphatic carbocycles. The molecule has 0 radical (unpaired) electrons. The SMILES string of the molecule is COC(=O)[C@H]1[C@@H]2C=C[C@@H]3C[C@@H]4OC(=O)[C@@H]1[C@H]4[C@@H]23. The molecule has 0 bridgehead atoms. The van der Waals surface area contributed by atoms with E-state index in [1.165, 1.54) is 7.11 Å². The highest BCUT2D eigenvalue weighted by Gasteiger charge is 2.68. The highest BCUT2D eigenvalue weighted by Crippen LogP contribution is 2.63. The summed E-state index contributed by atoms with van der Waals surface area (Å²) < 4.78 is 10.3. The zero-order chi connectivity index (χ0) is 11.7. The summed E-state index contributed by atoms with van der Waals surface area (Å²) in [5, 5.41) is 0. The number of hydrogen-bond donors (Lipinski definition) is 0. The fourth-order valence-corrected chi connectivity index (χ4v) is 4.67. The molecule has 7 atom stereocenters. The van der Waals surface area contributed by atoms with E-state index in [4.69, 9.17) is 9.47 Å². The van der Waals surface area contributed by atoms with Crippen molar-refractivity contribution >= 4 is 11.9 Å². The van der Waals surface area contributed by atoms with Crippen LogP contribution in [0.5, 0.6) is 0 Å². The first-order valence-electron chi connectivity index (χ1n) is 6.19. The molecule has 4 heteroatoms. The van der Waals surface area contributed by atoms with Crippen LogP contribution in [0, 0.1) is 35.5 Å². The van der Waals surface area contributed by atoms with Gasteiger partial charge in [0.15, 0.2) is 0 Å². The van der Waals surface area contributed by atoms with Crippen molar-refractivity contribution in [3.63, 3.8) is 0 Å². The van der Waals surface area contributed by atoms with Gasteiger partial charge in [-0.3, -0.25) is 9.59 Å². The molecule has 17 heavy (non-hydrogen) atoms. The van der Waals surface area contributed by atoms with Crippen LogP contribution in [0.2, 0.25) is 0 Å². The third-order valence-corrected chi connectivity index (χ3v) is 5.13. The average molecular weight is 234 g/mol. The van der Waals surface area contributed by atoms with Gasteiger partial charge in [-0.05, 0) is 24.2 Å². The fourth-order valence-electron chi connectivity index (χ4n) is 4.67. The Labute approximate surface area is 99.0 Å². The molecule has 4 nitrogen and oxygen atoms in total. The Hall–Kier alpha value is -1.32. The molecule has 2 saturated carbocycles. The third-order valence-electron chi connectivity index (χ3n) is 5.13. The minimum Gasteiger partial charge on any atom is -0.469 e. The standard InChI is InChI=1S/C13H14O4/c1-16-12(14)9-6-3-2-5-4-7-10(8(5)6)11(9)13(15)17-7/h2-3,5-11H,4H2,1H3/t5-,6-,7+,8-,9+,10-,11+/m1/s1. The van der Waals surface area contributed by atoms with Crippen molar-refractivity contribution in [2.24, 2.45) is 35.5 Å². The van der Waals surface area contributed by atoms with E-state index in [2.05, 4.69) is 12.2 Å². The molecule has 1 saturated heterocycles. The number of allylic oxidation sites excluding steroid dienone is 2. The van der Waals surface area contributed by atoms with Gasteiger partial charge in [-0.2, -0.15) is 0 Å². The van der Waals surface area contributed by atoms with Gasteiger partial charge in [0.2, 0.25) is 0 Å². The second-order valence-electron chi connectivity index (χ2n) is 5.57. The van der Waals surface area contributed by atoms with Gasteiger partial charge in [0.05, 0.1) is 18.9 Å². The van der Waals surface area contributed by atoms with Gasteiger partial charge in [-0.25, -0.2) is 0 Å². The first-order chi connectivity index (χ1) is 8.22. The maximum atomic E-state index is 11.9. The van der Waals surface area contributed by atoms with Crippen LogP contribution in [0.3, 0.4) is 0 Å². The number of carbonyl (C=O) groups excluding carboxylic acids is 2. The van der Waals surface area contributed by atoms with Gasteiger partial charge < -0.3 is 9.47 Å². The van der Waals surface area contributed by atoms with Gasteiger partial charge in [0, 0.05) is 5.92 Å². The van der Waals surface area contributed by atoms with E-state index in [0.29, 0.717) is 11.8 Å². The molecule has 0 unspecified atom stereocenters. The molecule has 1 aliphatic heterocycles. The van der Waals surface area contributed by atoms with E-state index in [-0.39, 0.29) is 41.7 Å². The van der Waals surface area contributed by atoms with Crippen LogP contribution in [0.4, 0.5) is 0 Å². The maximum Gasteiger partial charge on any atom is 0.310 e. The van der Waals surface area contributed by atoms with Crippen LogP contribution in [0.15, 0.2) is 12.2 Å². The summed E-state index contributed by atoms with van der Waals surface area (Å²) >= 11 is 0. The summed E-state index contributed by atoms with van der Waals surface area (Å²) in [6.45, 7) is 0. The molecular weight excluding hydrogens is 220 g/mol. The zero-order valence-corrected chi connectivity index (χ0v) is 9.54. The molecule has 0 spiro atoms. The lowest BCUT2D eigenvalue weighted by Gasteiger charge is -2.18. The van der Waals surface area contributed by atoms with Crippen molar-refractivity contribution in [1.29, 1.82) is 0 Å². The van der Waals surface area contributed by atoms with Gasteiger partial charge in [0.1, 0.15) is 6.10 Å². The lowest BCUT2D eigenvalue weighted by atomic mass is 9.87. The van der Waals surface area contributed by atoms with E-state index in [1.54, 1.807) is 0 Å². The number of ether oxygens (including phenoxy) is 2. The highest BCUT2D eigenvalue weighted by molar-refractivity contribution is 5.85. The number of carbonyl (C=O) groups is 2. The van der Waals surface area contributed by atoms with Crippen molar-refractivity contribution in [2.75, 3.05) is 7.11 Å². The number of esters is 2. The predicted octanol–water partition coefficient (Wildman–Crippen LogP) is 0.769. The third kappa shape index (κ3) is 0.956. The van der Waals surface area contributed by atoms with Crippen LogP contribution in [0.25, 0.3) is 0 Å². The molecule has 90 valence electrons. The second-order valence-corrected chi connectivity index (χ2v) is 5.57. The van der Waals surface area contributed by atoms with Gasteiger partial charge in [0.25, 0.3) is 0 Å². The van der Waals surface area contributed by atoms with Crippen LogP contribution in [-0.4, -0.2) is 25.2 Å². The van der Waals surface area contributed by atoms with Crippen molar-refractivity contribution in [3.05, 3.63) is 12.2 Å². The number of rotatable bonds is 1. The maximum absolute atomic E-state index is 11.9. The van der Waals surface area contributed by atoms with Gasteiger partial charge >= 0.3 is 11.9 Å².